The summed E-state index contributed by atoms with van der Waals surface area (Å²) in [5, 5.41) is 4.19. The number of benzene rings is 1. The van der Waals surface area contributed by atoms with E-state index in [4.69, 9.17) is 10.5 Å². The standard InChI is InChI=1S/C14H18FN3O/c1-11-10-14(16)17-18(11)8-2-3-9-19-13-6-4-12(15)5-7-13/h4-7,10H,2-3,8-9H2,1H3,(H2,16,17). The molecule has 1 aromatic heterocycles. The Morgan fingerprint density at radius 1 is 1.26 bits per heavy atom. The van der Waals surface area contributed by atoms with Crippen LogP contribution in [0.25, 0.3) is 0 Å². The first-order chi connectivity index (χ1) is 9.15. The van der Waals surface area contributed by atoms with Crippen molar-refractivity contribution >= 4 is 5.82 Å². The highest BCUT2D eigenvalue weighted by molar-refractivity contribution is 5.28. The molecule has 1 heterocycles. The van der Waals surface area contributed by atoms with Crippen LogP contribution in [0, 0.1) is 12.7 Å². The zero-order chi connectivity index (χ0) is 13.7. The van der Waals surface area contributed by atoms with Gasteiger partial charge >= 0.3 is 0 Å². The molecule has 1 aromatic carbocycles. The Balaban J connectivity index is 1.67. The van der Waals surface area contributed by atoms with Gasteiger partial charge in [-0.05, 0) is 44.0 Å². The molecule has 0 spiro atoms. The maximum Gasteiger partial charge on any atom is 0.145 e. The van der Waals surface area contributed by atoms with Gasteiger partial charge in [-0.15, -0.1) is 0 Å². The molecule has 0 aliphatic carbocycles. The van der Waals surface area contributed by atoms with Crippen LogP contribution in [0.3, 0.4) is 0 Å². The average Bonchev–Trinajstić information content (AvgIpc) is 2.70. The van der Waals surface area contributed by atoms with Gasteiger partial charge < -0.3 is 10.5 Å². The first-order valence-corrected chi connectivity index (χ1v) is 6.33. The molecule has 0 saturated carbocycles. The quantitative estimate of drug-likeness (QED) is 0.815. The van der Waals surface area contributed by atoms with Crippen molar-refractivity contribution in [1.82, 2.24) is 9.78 Å². The molecule has 0 unspecified atom stereocenters. The van der Waals surface area contributed by atoms with Crippen molar-refractivity contribution in [3.05, 3.63) is 41.8 Å². The van der Waals surface area contributed by atoms with Gasteiger partial charge in [0.2, 0.25) is 0 Å². The van der Waals surface area contributed by atoms with E-state index in [2.05, 4.69) is 5.10 Å². The van der Waals surface area contributed by atoms with E-state index in [-0.39, 0.29) is 5.82 Å². The van der Waals surface area contributed by atoms with E-state index in [0.717, 1.165) is 25.1 Å². The van der Waals surface area contributed by atoms with Gasteiger partial charge in [0.1, 0.15) is 17.4 Å². The summed E-state index contributed by atoms with van der Waals surface area (Å²) in [5.41, 5.74) is 6.68. The number of nitrogens with zero attached hydrogens (tertiary/aromatic N) is 2. The lowest BCUT2D eigenvalue weighted by Gasteiger charge is -2.07. The molecule has 0 aliphatic heterocycles. The second-order valence-electron chi connectivity index (χ2n) is 4.44. The number of unbranched alkanes of at least 4 members (excludes halogenated alkanes) is 1. The van der Waals surface area contributed by atoms with Crippen LogP contribution < -0.4 is 10.5 Å². The average molecular weight is 263 g/mol. The maximum absolute atomic E-state index is 12.7. The third-order valence-electron chi connectivity index (χ3n) is 2.85. The van der Waals surface area contributed by atoms with Crippen molar-refractivity contribution in [3.63, 3.8) is 0 Å². The smallest absolute Gasteiger partial charge is 0.145 e. The molecule has 0 amide bonds. The number of halogens is 1. The first kappa shape index (κ1) is 13.4. The fraction of sp³-hybridized carbons (Fsp3) is 0.357. The number of rotatable bonds is 6. The lowest BCUT2D eigenvalue weighted by molar-refractivity contribution is 0.301. The molecular formula is C14H18FN3O. The van der Waals surface area contributed by atoms with Gasteiger partial charge in [-0.25, -0.2) is 4.39 Å². The number of aromatic nitrogens is 2. The summed E-state index contributed by atoms with van der Waals surface area (Å²) in [7, 11) is 0. The summed E-state index contributed by atoms with van der Waals surface area (Å²) in [6.07, 6.45) is 1.87. The summed E-state index contributed by atoms with van der Waals surface area (Å²) in [6, 6.07) is 7.91. The number of hydrogen-bond acceptors (Lipinski definition) is 3. The third-order valence-corrected chi connectivity index (χ3v) is 2.85. The maximum atomic E-state index is 12.7. The molecule has 0 saturated heterocycles. The summed E-state index contributed by atoms with van der Waals surface area (Å²) >= 11 is 0. The van der Waals surface area contributed by atoms with Crippen LogP contribution in [0.4, 0.5) is 10.2 Å². The van der Waals surface area contributed by atoms with Gasteiger partial charge in [-0.1, -0.05) is 0 Å². The summed E-state index contributed by atoms with van der Waals surface area (Å²) in [6.45, 7) is 3.43. The van der Waals surface area contributed by atoms with Gasteiger partial charge in [-0.2, -0.15) is 5.10 Å². The van der Waals surface area contributed by atoms with Crippen LogP contribution in [0.2, 0.25) is 0 Å². The van der Waals surface area contributed by atoms with E-state index in [1.165, 1.54) is 12.1 Å². The van der Waals surface area contributed by atoms with Crippen molar-refractivity contribution in [2.75, 3.05) is 12.3 Å². The van der Waals surface area contributed by atoms with Gasteiger partial charge in [0.15, 0.2) is 0 Å². The first-order valence-electron chi connectivity index (χ1n) is 6.33. The van der Waals surface area contributed by atoms with E-state index in [1.54, 1.807) is 12.1 Å². The van der Waals surface area contributed by atoms with Crippen molar-refractivity contribution < 1.29 is 9.13 Å². The number of nitrogen functional groups attached to an aromatic ring is 1. The topological polar surface area (TPSA) is 53.1 Å². The Morgan fingerprint density at radius 2 is 2.00 bits per heavy atom. The van der Waals surface area contributed by atoms with E-state index in [1.807, 2.05) is 17.7 Å². The second-order valence-corrected chi connectivity index (χ2v) is 4.44. The normalized spacial score (nSPS) is 10.6. The largest absolute Gasteiger partial charge is 0.494 e. The molecular weight excluding hydrogens is 245 g/mol. The molecule has 0 bridgehead atoms. The van der Waals surface area contributed by atoms with E-state index in [9.17, 15) is 4.39 Å². The van der Waals surface area contributed by atoms with Crippen molar-refractivity contribution in [3.8, 4) is 5.75 Å². The molecule has 2 rings (SSSR count). The van der Waals surface area contributed by atoms with Crippen LogP contribution >= 0.6 is 0 Å². The highest BCUT2D eigenvalue weighted by atomic mass is 19.1. The van der Waals surface area contributed by atoms with Crippen LogP contribution in [0.1, 0.15) is 18.5 Å². The summed E-state index contributed by atoms with van der Waals surface area (Å²) in [4.78, 5) is 0. The number of anilines is 1. The van der Waals surface area contributed by atoms with Gasteiger partial charge in [-0.3, -0.25) is 4.68 Å². The molecule has 2 N–H and O–H groups in total. The predicted octanol–water partition coefficient (Wildman–Crippen LogP) is 2.77. The van der Waals surface area contributed by atoms with Gasteiger partial charge in [0, 0.05) is 18.3 Å². The third kappa shape index (κ3) is 3.98. The Labute approximate surface area is 112 Å². The molecule has 102 valence electrons. The molecule has 0 radical (unpaired) electrons. The lowest BCUT2D eigenvalue weighted by atomic mass is 10.3. The second kappa shape index (κ2) is 6.22. The molecule has 5 heteroatoms. The Bertz CT molecular complexity index is 522. The fourth-order valence-corrected chi connectivity index (χ4v) is 1.85. The summed E-state index contributed by atoms with van der Waals surface area (Å²) in [5.74, 6) is 1.00. The van der Waals surface area contributed by atoms with Crippen LogP contribution in [0.5, 0.6) is 5.75 Å². The van der Waals surface area contributed by atoms with E-state index >= 15 is 0 Å². The Hall–Kier alpha value is -2.04. The minimum Gasteiger partial charge on any atom is -0.494 e. The number of aryl methyl sites for hydroxylation is 2. The lowest BCUT2D eigenvalue weighted by Crippen LogP contribution is -2.05. The summed E-state index contributed by atoms with van der Waals surface area (Å²) < 4.78 is 20.1. The minimum absolute atomic E-state index is 0.251. The van der Waals surface area contributed by atoms with E-state index in [0.29, 0.717) is 18.2 Å². The van der Waals surface area contributed by atoms with Gasteiger partial charge in [0.25, 0.3) is 0 Å². The van der Waals surface area contributed by atoms with Crippen molar-refractivity contribution in [2.24, 2.45) is 0 Å². The molecule has 0 fully saturated rings. The number of ether oxygens (including phenoxy) is 1. The van der Waals surface area contributed by atoms with Crippen LogP contribution in [-0.4, -0.2) is 16.4 Å². The minimum atomic E-state index is -0.251. The number of nitrogens with two attached hydrogens (primary N) is 1. The molecule has 0 aliphatic rings. The number of hydrogen-bond donors (Lipinski definition) is 1. The zero-order valence-electron chi connectivity index (χ0n) is 11.0. The van der Waals surface area contributed by atoms with Crippen molar-refractivity contribution in [1.29, 1.82) is 0 Å². The molecule has 19 heavy (non-hydrogen) atoms. The molecule has 4 nitrogen and oxygen atoms in total. The molecule has 0 atom stereocenters. The molecule has 2 aromatic rings. The zero-order valence-corrected chi connectivity index (χ0v) is 11.0. The SMILES string of the molecule is Cc1cc(N)nn1CCCCOc1ccc(F)cc1. The Morgan fingerprint density at radius 3 is 2.63 bits per heavy atom. The van der Waals surface area contributed by atoms with Gasteiger partial charge in [0.05, 0.1) is 6.61 Å². The highest BCUT2D eigenvalue weighted by Crippen LogP contribution is 2.12. The van der Waals surface area contributed by atoms with Crippen molar-refractivity contribution in [2.45, 2.75) is 26.3 Å². The fourth-order valence-electron chi connectivity index (χ4n) is 1.85. The predicted molar refractivity (Wildman–Crippen MR) is 72.5 cm³/mol. The Kier molecular flexibility index (Phi) is 4.39. The van der Waals surface area contributed by atoms with Crippen LogP contribution in [0.15, 0.2) is 30.3 Å². The van der Waals surface area contributed by atoms with Crippen LogP contribution in [-0.2, 0) is 6.54 Å². The monoisotopic (exact) mass is 263 g/mol. The van der Waals surface area contributed by atoms with E-state index < -0.39 is 0 Å². The highest BCUT2D eigenvalue weighted by Gasteiger charge is 2.01.